The zero-order valence-electron chi connectivity index (χ0n) is 10.4. The number of thioether (sulfide) groups is 1. The topological polar surface area (TPSA) is 69.8 Å². The van der Waals surface area contributed by atoms with Gasteiger partial charge in [-0.25, -0.2) is 4.98 Å². The zero-order valence-corrected chi connectivity index (χ0v) is 11.2. The van der Waals surface area contributed by atoms with Gasteiger partial charge in [0.15, 0.2) is 0 Å². The zero-order chi connectivity index (χ0) is 12.8. The smallest absolute Gasteiger partial charge is 0.241 e. The van der Waals surface area contributed by atoms with E-state index < -0.39 is 0 Å². The van der Waals surface area contributed by atoms with Crippen molar-refractivity contribution in [3.8, 4) is 0 Å². The van der Waals surface area contributed by atoms with Crippen LogP contribution < -0.4 is 10.6 Å². The Labute approximate surface area is 111 Å². The van der Waals surface area contributed by atoms with Crippen molar-refractivity contribution >= 4 is 17.7 Å². The number of carbonyl (C=O) groups excluding carboxylic acids is 1. The first-order valence-corrected chi connectivity index (χ1v) is 7.17. The molecule has 1 aromatic heterocycles. The number of nitrogens with one attached hydrogen (secondary N) is 3. The van der Waals surface area contributed by atoms with Crippen molar-refractivity contribution in [1.82, 2.24) is 20.6 Å². The molecule has 0 aromatic carbocycles. The standard InChI is InChI=1S/C12H18N4OS/c1-9-11(16-8-15-9)7-18-6-5-14-12(17)10-3-2-4-13-10/h2-3,8,10,13H,4-7H2,1H3,(H,14,17)(H,15,16)/t10-/m1/s1. The van der Waals surface area contributed by atoms with Gasteiger partial charge in [0.1, 0.15) is 6.04 Å². The first kappa shape index (κ1) is 13.2. The average Bonchev–Trinajstić information content (AvgIpc) is 3.00. The van der Waals surface area contributed by atoms with E-state index in [1.165, 1.54) is 0 Å². The summed E-state index contributed by atoms with van der Waals surface area (Å²) >= 11 is 1.77. The molecule has 1 atom stereocenters. The van der Waals surface area contributed by atoms with Gasteiger partial charge in [-0.15, -0.1) is 0 Å². The number of aromatic nitrogens is 2. The molecular formula is C12H18N4OS. The minimum absolute atomic E-state index is 0.0558. The third kappa shape index (κ3) is 3.61. The minimum Gasteiger partial charge on any atom is -0.354 e. The summed E-state index contributed by atoms with van der Waals surface area (Å²) in [6.45, 7) is 3.49. The van der Waals surface area contributed by atoms with Gasteiger partial charge < -0.3 is 10.3 Å². The van der Waals surface area contributed by atoms with E-state index in [-0.39, 0.29) is 11.9 Å². The van der Waals surface area contributed by atoms with E-state index >= 15 is 0 Å². The fraction of sp³-hybridized carbons (Fsp3) is 0.500. The average molecular weight is 266 g/mol. The number of imidazole rings is 1. The summed E-state index contributed by atoms with van der Waals surface area (Å²) in [6.07, 6.45) is 5.58. The molecule has 6 heteroatoms. The molecule has 2 rings (SSSR count). The van der Waals surface area contributed by atoms with Crippen LogP contribution in [0.4, 0.5) is 0 Å². The summed E-state index contributed by atoms with van der Waals surface area (Å²) in [6, 6.07) is -0.149. The lowest BCUT2D eigenvalue weighted by Gasteiger charge is -2.09. The highest BCUT2D eigenvalue weighted by atomic mass is 32.2. The lowest BCUT2D eigenvalue weighted by molar-refractivity contribution is -0.121. The Morgan fingerprint density at radius 1 is 1.67 bits per heavy atom. The first-order valence-electron chi connectivity index (χ1n) is 6.01. The molecule has 18 heavy (non-hydrogen) atoms. The van der Waals surface area contributed by atoms with Gasteiger partial charge in [0, 0.05) is 30.3 Å². The van der Waals surface area contributed by atoms with Crippen molar-refractivity contribution < 1.29 is 4.79 Å². The van der Waals surface area contributed by atoms with E-state index in [0.29, 0.717) is 6.54 Å². The van der Waals surface area contributed by atoms with Crippen LogP contribution in [0.5, 0.6) is 0 Å². The number of aryl methyl sites for hydroxylation is 1. The number of rotatable bonds is 6. The lowest BCUT2D eigenvalue weighted by atomic mass is 10.3. The van der Waals surface area contributed by atoms with Crippen LogP contribution in [0, 0.1) is 6.92 Å². The van der Waals surface area contributed by atoms with Crippen LogP contribution in [-0.4, -0.2) is 40.8 Å². The molecule has 0 unspecified atom stereocenters. The van der Waals surface area contributed by atoms with Crippen molar-refractivity contribution in [3.63, 3.8) is 0 Å². The molecule has 3 N–H and O–H groups in total. The Hall–Kier alpha value is -1.27. The third-order valence-electron chi connectivity index (χ3n) is 2.79. The third-order valence-corrected chi connectivity index (χ3v) is 3.76. The number of amides is 1. The highest BCUT2D eigenvalue weighted by Crippen LogP contribution is 2.11. The highest BCUT2D eigenvalue weighted by molar-refractivity contribution is 7.98. The monoisotopic (exact) mass is 266 g/mol. The number of aromatic amines is 1. The number of carbonyl (C=O) groups is 1. The van der Waals surface area contributed by atoms with Gasteiger partial charge >= 0.3 is 0 Å². The molecule has 0 saturated carbocycles. The Morgan fingerprint density at radius 2 is 2.56 bits per heavy atom. The lowest BCUT2D eigenvalue weighted by Crippen LogP contribution is -2.41. The maximum absolute atomic E-state index is 11.6. The number of nitrogens with zero attached hydrogens (tertiary/aromatic N) is 1. The number of hydrogen-bond acceptors (Lipinski definition) is 4. The molecule has 0 bridgehead atoms. The van der Waals surface area contributed by atoms with Crippen LogP contribution in [0.25, 0.3) is 0 Å². The molecule has 1 aliphatic rings. The highest BCUT2D eigenvalue weighted by Gasteiger charge is 2.16. The van der Waals surface area contributed by atoms with Gasteiger partial charge in [0.25, 0.3) is 0 Å². The summed E-state index contributed by atoms with van der Waals surface area (Å²) in [5.41, 5.74) is 2.21. The Balaban J connectivity index is 1.57. The second kappa shape index (κ2) is 6.61. The van der Waals surface area contributed by atoms with Crippen LogP contribution >= 0.6 is 11.8 Å². The van der Waals surface area contributed by atoms with E-state index in [9.17, 15) is 4.79 Å². The van der Waals surface area contributed by atoms with Gasteiger partial charge in [0.05, 0.1) is 12.0 Å². The molecular weight excluding hydrogens is 248 g/mol. The number of hydrogen-bond donors (Lipinski definition) is 3. The molecule has 5 nitrogen and oxygen atoms in total. The first-order chi connectivity index (χ1) is 8.77. The van der Waals surface area contributed by atoms with E-state index in [0.717, 1.165) is 29.4 Å². The molecule has 2 heterocycles. The summed E-state index contributed by atoms with van der Waals surface area (Å²) in [5, 5.41) is 6.00. The second-order valence-corrected chi connectivity index (χ2v) is 5.24. The summed E-state index contributed by atoms with van der Waals surface area (Å²) < 4.78 is 0. The van der Waals surface area contributed by atoms with E-state index in [4.69, 9.17) is 0 Å². The Bertz CT molecular complexity index is 429. The maximum Gasteiger partial charge on any atom is 0.241 e. The van der Waals surface area contributed by atoms with Gasteiger partial charge in [0.2, 0.25) is 5.91 Å². The predicted molar refractivity (Wildman–Crippen MR) is 73.4 cm³/mol. The largest absolute Gasteiger partial charge is 0.354 e. The van der Waals surface area contributed by atoms with Crippen molar-refractivity contribution in [3.05, 3.63) is 29.9 Å². The molecule has 1 aromatic rings. The molecule has 0 spiro atoms. The van der Waals surface area contributed by atoms with E-state index in [1.54, 1.807) is 18.1 Å². The molecule has 1 aliphatic heterocycles. The molecule has 0 saturated heterocycles. The van der Waals surface area contributed by atoms with Crippen LogP contribution in [-0.2, 0) is 10.5 Å². The van der Waals surface area contributed by atoms with E-state index in [2.05, 4.69) is 20.6 Å². The summed E-state index contributed by atoms with van der Waals surface area (Å²) in [5.74, 6) is 1.83. The van der Waals surface area contributed by atoms with Gasteiger partial charge in [-0.2, -0.15) is 11.8 Å². The van der Waals surface area contributed by atoms with Crippen LogP contribution in [0.2, 0.25) is 0 Å². The van der Waals surface area contributed by atoms with Crippen molar-refractivity contribution in [2.24, 2.45) is 0 Å². The van der Waals surface area contributed by atoms with Crippen LogP contribution in [0.15, 0.2) is 18.5 Å². The second-order valence-electron chi connectivity index (χ2n) is 4.13. The van der Waals surface area contributed by atoms with Gasteiger partial charge in [-0.05, 0) is 6.92 Å². The molecule has 1 amide bonds. The maximum atomic E-state index is 11.6. The molecule has 0 aliphatic carbocycles. The van der Waals surface area contributed by atoms with E-state index in [1.807, 2.05) is 19.1 Å². The van der Waals surface area contributed by atoms with Gasteiger partial charge in [-0.1, -0.05) is 12.2 Å². The minimum atomic E-state index is -0.149. The van der Waals surface area contributed by atoms with Crippen LogP contribution in [0.3, 0.4) is 0 Å². The molecule has 0 fully saturated rings. The normalized spacial score (nSPS) is 18.2. The van der Waals surface area contributed by atoms with Crippen molar-refractivity contribution in [2.45, 2.75) is 18.7 Å². The number of H-pyrrole nitrogens is 1. The van der Waals surface area contributed by atoms with Crippen molar-refractivity contribution in [1.29, 1.82) is 0 Å². The Morgan fingerprint density at radius 3 is 3.22 bits per heavy atom. The SMILES string of the molecule is Cc1[nH]cnc1CSCCNC(=O)[C@H]1C=CCN1. The summed E-state index contributed by atoms with van der Waals surface area (Å²) in [4.78, 5) is 18.9. The summed E-state index contributed by atoms with van der Waals surface area (Å²) in [7, 11) is 0. The van der Waals surface area contributed by atoms with Crippen LogP contribution in [0.1, 0.15) is 11.4 Å². The quantitative estimate of drug-likeness (QED) is 0.521. The van der Waals surface area contributed by atoms with Gasteiger partial charge in [-0.3, -0.25) is 10.1 Å². The fourth-order valence-corrected chi connectivity index (χ4v) is 2.58. The Kier molecular flexibility index (Phi) is 4.83. The molecule has 0 radical (unpaired) electrons. The fourth-order valence-electron chi connectivity index (χ4n) is 1.71. The predicted octanol–water partition coefficient (Wildman–Crippen LogP) is 0.596. The molecule has 98 valence electrons. The van der Waals surface area contributed by atoms with Crippen molar-refractivity contribution in [2.75, 3.05) is 18.8 Å².